The number of hydrogen-bond donors (Lipinski definition) is 1. The van der Waals surface area contributed by atoms with E-state index in [0.717, 1.165) is 30.3 Å². The Morgan fingerprint density at radius 1 is 0.800 bits per heavy atom. The number of piperidine rings is 1. The number of benzene rings is 1. The van der Waals surface area contributed by atoms with Gasteiger partial charge in [-0.25, -0.2) is 4.98 Å². The number of aromatic nitrogens is 2. The molecule has 0 atom stereocenters. The zero-order valence-electron chi connectivity index (χ0n) is 15.0. The maximum atomic E-state index is 4.75. The summed E-state index contributed by atoms with van der Waals surface area (Å²) in [4.78, 5) is 14.1. The van der Waals surface area contributed by atoms with Crippen molar-refractivity contribution in [2.24, 2.45) is 0 Å². The number of rotatable bonds is 4. The van der Waals surface area contributed by atoms with Crippen molar-refractivity contribution in [3.8, 4) is 0 Å². The van der Waals surface area contributed by atoms with Crippen molar-refractivity contribution in [2.45, 2.75) is 39.0 Å². The molecule has 4 rings (SSSR count). The average molecular weight is 337 g/mol. The molecule has 0 aliphatic carbocycles. The number of nitrogens with zero attached hydrogens (tertiary/aromatic N) is 4. The molecule has 1 aromatic heterocycles. The lowest BCUT2D eigenvalue weighted by Gasteiger charge is -2.28. The van der Waals surface area contributed by atoms with E-state index in [9.17, 15) is 0 Å². The van der Waals surface area contributed by atoms with Crippen LogP contribution in [0, 0.1) is 6.92 Å². The topological polar surface area (TPSA) is 44.3 Å². The monoisotopic (exact) mass is 337 g/mol. The van der Waals surface area contributed by atoms with Gasteiger partial charge in [-0.2, -0.15) is 4.98 Å². The van der Waals surface area contributed by atoms with Crippen LogP contribution >= 0.6 is 0 Å². The first-order valence-corrected chi connectivity index (χ1v) is 9.51. The number of nitrogens with one attached hydrogen (secondary N) is 1. The molecule has 132 valence electrons. The van der Waals surface area contributed by atoms with Gasteiger partial charge < -0.3 is 15.1 Å². The Kier molecular flexibility index (Phi) is 4.72. The molecule has 0 saturated carbocycles. The summed E-state index contributed by atoms with van der Waals surface area (Å²) >= 11 is 0. The highest BCUT2D eigenvalue weighted by atomic mass is 15.2. The lowest BCUT2D eigenvalue weighted by Crippen LogP contribution is -2.30. The highest BCUT2D eigenvalue weighted by Crippen LogP contribution is 2.24. The van der Waals surface area contributed by atoms with Gasteiger partial charge in [-0.05, 0) is 63.3 Å². The second kappa shape index (κ2) is 7.30. The fourth-order valence-corrected chi connectivity index (χ4v) is 3.75. The quantitative estimate of drug-likeness (QED) is 0.909. The second-order valence-corrected chi connectivity index (χ2v) is 7.10. The lowest BCUT2D eigenvalue weighted by atomic mass is 10.1. The summed E-state index contributed by atoms with van der Waals surface area (Å²) in [7, 11) is 0. The average Bonchev–Trinajstić information content (AvgIpc) is 3.17. The van der Waals surface area contributed by atoms with Crippen molar-refractivity contribution in [3.63, 3.8) is 0 Å². The summed E-state index contributed by atoms with van der Waals surface area (Å²) in [5, 5.41) is 3.37. The molecule has 1 N–H and O–H groups in total. The smallest absolute Gasteiger partial charge is 0.229 e. The molecule has 3 heterocycles. The summed E-state index contributed by atoms with van der Waals surface area (Å²) in [5.41, 5.74) is 3.35. The fourth-order valence-electron chi connectivity index (χ4n) is 3.75. The van der Waals surface area contributed by atoms with E-state index in [1.54, 1.807) is 0 Å². The Labute approximate surface area is 150 Å². The third kappa shape index (κ3) is 3.86. The van der Waals surface area contributed by atoms with Crippen LogP contribution in [0.25, 0.3) is 0 Å². The van der Waals surface area contributed by atoms with Crippen LogP contribution in [0.4, 0.5) is 23.1 Å². The predicted molar refractivity (Wildman–Crippen MR) is 104 cm³/mol. The van der Waals surface area contributed by atoms with Gasteiger partial charge in [0.1, 0.15) is 5.82 Å². The molecule has 0 unspecified atom stereocenters. The Balaban J connectivity index is 1.48. The van der Waals surface area contributed by atoms with E-state index in [2.05, 4.69) is 50.4 Å². The molecule has 2 aliphatic heterocycles. The van der Waals surface area contributed by atoms with Crippen molar-refractivity contribution >= 4 is 23.1 Å². The Morgan fingerprint density at radius 2 is 1.44 bits per heavy atom. The molecule has 25 heavy (non-hydrogen) atoms. The Hall–Kier alpha value is -2.30. The van der Waals surface area contributed by atoms with Crippen molar-refractivity contribution in [3.05, 3.63) is 36.0 Å². The van der Waals surface area contributed by atoms with Gasteiger partial charge in [0.05, 0.1) is 0 Å². The van der Waals surface area contributed by atoms with E-state index in [-0.39, 0.29) is 0 Å². The van der Waals surface area contributed by atoms with Gasteiger partial charge in [-0.1, -0.05) is 0 Å². The molecule has 0 amide bonds. The number of hydrogen-bond acceptors (Lipinski definition) is 5. The summed E-state index contributed by atoms with van der Waals surface area (Å²) in [6, 6.07) is 10.7. The van der Waals surface area contributed by atoms with Gasteiger partial charge in [-0.3, -0.25) is 0 Å². The summed E-state index contributed by atoms with van der Waals surface area (Å²) in [6.07, 6.45) is 6.44. The molecular formula is C20H27N5. The van der Waals surface area contributed by atoms with Crippen LogP contribution in [0.5, 0.6) is 0 Å². The van der Waals surface area contributed by atoms with Crippen molar-refractivity contribution < 1.29 is 0 Å². The predicted octanol–water partition coefficient (Wildman–Crippen LogP) is 4.12. The van der Waals surface area contributed by atoms with Crippen LogP contribution in [-0.2, 0) is 0 Å². The van der Waals surface area contributed by atoms with Crippen molar-refractivity contribution in [1.29, 1.82) is 0 Å². The highest BCUT2D eigenvalue weighted by molar-refractivity contribution is 5.60. The van der Waals surface area contributed by atoms with E-state index in [0.29, 0.717) is 5.95 Å². The van der Waals surface area contributed by atoms with Gasteiger partial charge in [-0.15, -0.1) is 0 Å². The number of anilines is 4. The molecular weight excluding hydrogens is 310 g/mol. The molecule has 1 aromatic carbocycles. The minimum atomic E-state index is 0.689. The molecule has 5 heteroatoms. The third-order valence-electron chi connectivity index (χ3n) is 5.12. The first-order chi connectivity index (χ1) is 12.3. The SMILES string of the molecule is Cc1cc(N2CCCCC2)nc(Nc2ccc(N3CCCC3)cc2)n1. The molecule has 0 radical (unpaired) electrons. The van der Waals surface area contributed by atoms with E-state index >= 15 is 0 Å². The zero-order valence-corrected chi connectivity index (χ0v) is 15.0. The largest absolute Gasteiger partial charge is 0.372 e. The van der Waals surface area contributed by atoms with Crippen LogP contribution in [0.3, 0.4) is 0 Å². The minimum Gasteiger partial charge on any atom is -0.372 e. The van der Waals surface area contributed by atoms with Crippen LogP contribution in [0.2, 0.25) is 0 Å². The molecule has 2 aliphatic rings. The van der Waals surface area contributed by atoms with Gasteiger partial charge >= 0.3 is 0 Å². The van der Waals surface area contributed by atoms with Crippen LogP contribution in [0.1, 0.15) is 37.8 Å². The van der Waals surface area contributed by atoms with Gasteiger partial charge in [0, 0.05) is 49.3 Å². The maximum absolute atomic E-state index is 4.75. The van der Waals surface area contributed by atoms with E-state index < -0.39 is 0 Å². The van der Waals surface area contributed by atoms with Gasteiger partial charge in [0.25, 0.3) is 0 Å². The molecule has 0 bridgehead atoms. The first-order valence-electron chi connectivity index (χ1n) is 9.51. The van der Waals surface area contributed by atoms with Gasteiger partial charge in [0.2, 0.25) is 5.95 Å². The minimum absolute atomic E-state index is 0.689. The molecule has 2 fully saturated rings. The van der Waals surface area contributed by atoms with E-state index in [4.69, 9.17) is 4.98 Å². The van der Waals surface area contributed by atoms with Crippen LogP contribution in [0.15, 0.2) is 30.3 Å². The highest BCUT2D eigenvalue weighted by Gasteiger charge is 2.14. The van der Waals surface area contributed by atoms with Crippen molar-refractivity contribution in [2.75, 3.05) is 41.3 Å². The van der Waals surface area contributed by atoms with Crippen LogP contribution in [-0.4, -0.2) is 36.1 Å². The van der Waals surface area contributed by atoms with E-state index in [1.165, 1.54) is 50.9 Å². The van der Waals surface area contributed by atoms with E-state index in [1.807, 2.05) is 6.92 Å². The third-order valence-corrected chi connectivity index (χ3v) is 5.12. The van der Waals surface area contributed by atoms with Crippen LogP contribution < -0.4 is 15.1 Å². The summed E-state index contributed by atoms with van der Waals surface area (Å²) < 4.78 is 0. The van der Waals surface area contributed by atoms with Gasteiger partial charge in [0.15, 0.2) is 0 Å². The summed E-state index contributed by atoms with van der Waals surface area (Å²) in [6.45, 7) is 6.58. The normalized spacial score (nSPS) is 17.8. The zero-order chi connectivity index (χ0) is 17.1. The summed E-state index contributed by atoms with van der Waals surface area (Å²) in [5.74, 6) is 1.73. The molecule has 2 saturated heterocycles. The molecule has 5 nitrogen and oxygen atoms in total. The first kappa shape index (κ1) is 16.2. The lowest BCUT2D eigenvalue weighted by molar-refractivity contribution is 0.573. The molecule has 0 spiro atoms. The maximum Gasteiger partial charge on any atom is 0.229 e. The standard InChI is InChI=1S/C20H27N5/c1-16-15-19(25-13-3-2-4-14-25)23-20(21-16)22-17-7-9-18(10-8-17)24-11-5-6-12-24/h7-10,15H,2-6,11-14H2,1H3,(H,21,22,23). The second-order valence-electron chi connectivity index (χ2n) is 7.10. The fraction of sp³-hybridized carbons (Fsp3) is 0.500. The number of aryl methyl sites for hydroxylation is 1. The Morgan fingerprint density at radius 3 is 2.16 bits per heavy atom. The Bertz CT molecular complexity index is 701. The molecule has 2 aromatic rings. The van der Waals surface area contributed by atoms with Crippen molar-refractivity contribution in [1.82, 2.24) is 9.97 Å².